The van der Waals surface area contributed by atoms with Gasteiger partial charge in [-0.3, -0.25) is 14.4 Å². The average Bonchev–Trinajstić information content (AvgIpc) is 2.92. The van der Waals surface area contributed by atoms with Crippen LogP contribution in [-0.4, -0.2) is 47.8 Å². The number of hydrogen-bond donors (Lipinski definition) is 1. The van der Waals surface area contributed by atoms with Crippen molar-refractivity contribution in [1.82, 2.24) is 10.2 Å². The van der Waals surface area contributed by atoms with E-state index in [0.29, 0.717) is 6.54 Å². The predicted octanol–water partition coefficient (Wildman–Crippen LogP) is 1.94. The Morgan fingerprint density at radius 1 is 1.31 bits per heavy atom. The Bertz CT molecular complexity index is 700. The van der Waals surface area contributed by atoms with E-state index in [-0.39, 0.29) is 48.5 Å². The van der Waals surface area contributed by atoms with Crippen molar-refractivity contribution in [2.24, 2.45) is 5.92 Å². The summed E-state index contributed by atoms with van der Waals surface area (Å²) in [6, 6.07) is 6.01. The highest BCUT2D eigenvalue weighted by molar-refractivity contribution is 6.00. The lowest BCUT2D eigenvalue weighted by atomic mass is 10.1. The molecule has 142 valence electrons. The Morgan fingerprint density at radius 3 is 2.54 bits per heavy atom. The Hall–Kier alpha value is -2.44. The number of halogens is 1. The molecular weight excluding hydrogens is 337 g/mol. The van der Waals surface area contributed by atoms with E-state index in [1.165, 1.54) is 21.9 Å². The smallest absolute Gasteiger partial charge is 0.240 e. The molecule has 26 heavy (non-hydrogen) atoms. The molecule has 0 aromatic heterocycles. The summed E-state index contributed by atoms with van der Waals surface area (Å²) in [6.07, 6.45) is 0.0184. The molecule has 7 heteroatoms. The number of nitrogens with one attached hydrogen (secondary N) is 1. The summed E-state index contributed by atoms with van der Waals surface area (Å²) in [7, 11) is 0. The van der Waals surface area contributed by atoms with Gasteiger partial charge in [-0.15, -0.1) is 0 Å². The van der Waals surface area contributed by atoms with Crippen LogP contribution in [0.3, 0.4) is 0 Å². The van der Waals surface area contributed by atoms with Crippen molar-refractivity contribution in [1.29, 1.82) is 0 Å². The number of amides is 3. The molecule has 1 atom stereocenters. The molecule has 1 aromatic rings. The molecule has 0 radical (unpaired) electrons. The Balaban J connectivity index is 2.06. The molecule has 6 nitrogen and oxygen atoms in total. The lowest BCUT2D eigenvalue weighted by molar-refractivity contribution is -0.139. The molecule has 0 saturated carbocycles. The van der Waals surface area contributed by atoms with Crippen molar-refractivity contribution < 1.29 is 18.8 Å². The number of anilines is 1. The number of likely N-dealkylation sites (N-methyl/N-ethyl adjacent to an activating group) is 1. The highest BCUT2D eigenvalue weighted by atomic mass is 19.1. The van der Waals surface area contributed by atoms with Crippen molar-refractivity contribution in [2.45, 2.75) is 39.7 Å². The van der Waals surface area contributed by atoms with Crippen molar-refractivity contribution in [3.05, 3.63) is 30.1 Å². The van der Waals surface area contributed by atoms with Gasteiger partial charge in [-0.1, -0.05) is 12.1 Å². The van der Waals surface area contributed by atoms with Gasteiger partial charge in [0.05, 0.1) is 18.2 Å². The maximum Gasteiger partial charge on any atom is 0.240 e. The predicted molar refractivity (Wildman–Crippen MR) is 97.0 cm³/mol. The number of carbonyl (C=O) groups is 3. The van der Waals surface area contributed by atoms with E-state index in [1.807, 2.05) is 20.8 Å². The summed E-state index contributed by atoms with van der Waals surface area (Å²) in [5.74, 6) is -1.87. The molecule has 2 rings (SSSR count). The minimum absolute atomic E-state index is 0.0184. The summed E-state index contributed by atoms with van der Waals surface area (Å²) in [5, 5.41) is 2.82. The molecule has 0 aliphatic carbocycles. The van der Waals surface area contributed by atoms with Crippen LogP contribution in [0.1, 0.15) is 34.1 Å². The third-order valence-electron chi connectivity index (χ3n) is 4.16. The molecular formula is C19H26FN3O3. The SMILES string of the molecule is CCN(CC(=O)NC(C)(C)C)C(=O)C1CC(=O)N(c2ccccc2F)C1. The first kappa shape index (κ1) is 19.9. The van der Waals surface area contributed by atoms with Crippen LogP contribution in [0.25, 0.3) is 0 Å². The van der Waals surface area contributed by atoms with E-state index >= 15 is 0 Å². The molecule has 1 heterocycles. The fourth-order valence-corrected chi connectivity index (χ4v) is 3.01. The van der Waals surface area contributed by atoms with E-state index in [2.05, 4.69) is 5.32 Å². The van der Waals surface area contributed by atoms with Gasteiger partial charge in [-0.05, 0) is 39.8 Å². The van der Waals surface area contributed by atoms with Crippen LogP contribution in [-0.2, 0) is 14.4 Å². The van der Waals surface area contributed by atoms with E-state index in [9.17, 15) is 18.8 Å². The second kappa shape index (κ2) is 7.85. The van der Waals surface area contributed by atoms with Gasteiger partial charge in [0.25, 0.3) is 0 Å². The normalized spacial score (nSPS) is 17.3. The van der Waals surface area contributed by atoms with Gasteiger partial charge in [0.15, 0.2) is 0 Å². The Kier molecular flexibility index (Phi) is 6.00. The lowest BCUT2D eigenvalue weighted by Gasteiger charge is -2.26. The fourth-order valence-electron chi connectivity index (χ4n) is 3.01. The van der Waals surface area contributed by atoms with Gasteiger partial charge in [-0.2, -0.15) is 0 Å². The second-order valence-corrected chi connectivity index (χ2v) is 7.51. The summed E-state index contributed by atoms with van der Waals surface area (Å²) in [5.41, 5.74) is -0.203. The minimum Gasteiger partial charge on any atom is -0.350 e. The Labute approximate surface area is 153 Å². The van der Waals surface area contributed by atoms with Gasteiger partial charge in [-0.25, -0.2) is 4.39 Å². The fraction of sp³-hybridized carbons (Fsp3) is 0.526. The largest absolute Gasteiger partial charge is 0.350 e. The number of benzene rings is 1. The van der Waals surface area contributed by atoms with Crippen LogP contribution < -0.4 is 10.2 Å². The third-order valence-corrected chi connectivity index (χ3v) is 4.16. The van der Waals surface area contributed by atoms with Crippen molar-refractivity contribution >= 4 is 23.4 Å². The summed E-state index contributed by atoms with van der Waals surface area (Å²) < 4.78 is 14.0. The molecule has 1 saturated heterocycles. The Morgan fingerprint density at radius 2 is 1.96 bits per heavy atom. The summed E-state index contributed by atoms with van der Waals surface area (Å²) in [6.45, 7) is 7.81. The van der Waals surface area contributed by atoms with Gasteiger partial charge in [0.1, 0.15) is 5.82 Å². The zero-order chi connectivity index (χ0) is 19.5. The van der Waals surface area contributed by atoms with E-state index < -0.39 is 11.7 Å². The zero-order valence-corrected chi connectivity index (χ0v) is 15.7. The molecule has 0 bridgehead atoms. The number of para-hydroxylation sites is 1. The van der Waals surface area contributed by atoms with Gasteiger partial charge < -0.3 is 15.1 Å². The number of rotatable bonds is 5. The quantitative estimate of drug-likeness (QED) is 0.869. The molecule has 1 N–H and O–H groups in total. The van der Waals surface area contributed by atoms with Crippen LogP contribution in [0, 0.1) is 11.7 Å². The molecule has 0 spiro atoms. The van der Waals surface area contributed by atoms with E-state index in [0.717, 1.165) is 0 Å². The van der Waals surface area contributed by atoms with Crippen LogP contribution in [0.15, 0.2) is 24.3 Å². The highest BCUT2D eigenvalue weighted by Crippen LogP contribution is 2.28. The van der Waals surface area contributed by atoms with E-state index in [4.69, 9.17) is 0 Å². The van der Waals surface area contributed by atoms with Crippen LogP contribution in [0.4, 0.5) is 10.1 Å². The van der Waals surface area contributed by atoms with Crippen molar-refractivity contribution in [3.8, 4) is 0 Å². The number of hydrogen-bond acceptors (Lipinski definition) is 3. The summed E-state index contributed by atoms with van der Waals surface area (Å²) in [4.78, 5) is 39.9. The number of nitrogens with zero attached hydrogens (tertiary/aromatic N) is 2. The average molecular weight is 363 g/mol. The van der Waals surface area contributed by atoms with Crippen LogP contribution >= 0.6 is 0 Å². The molecule has 1 unspecified atom stereocenters. The van der Waals surface area contributed by atoms with Crippen molar-refractivity contribution in [2.75, 3.05) is 24.5 Å². The first-order chi connectivity index (χ1) is 12.1. The zero-order valence-electron chi connectivity index (χ0n) is 15.7. The van der Waals surface area contributed by atoms with Crippen LogP contribution in [0.2, 0.25) is 0 Å². The highest BCUT2D eigenvalue weighted by Gasteiger charge is 2.38. The molecule has 1 aliphatic heterocycles. The molecule has 1 fully saturated rings. The maximum absolute atomic E-state index is 14.0. The molecule has 1 aromatic carbocycles. The third kappa shape index (κ3) is 4.80. The second-order valence-electron chi connectivity index (χ2n) is 7.51. The van der Waals surface area contributed by atoms with Gasteiger partial charge in [0.2, 0.25) is 17.7 Å². The lowest BCUT2D eigenvalue weighted by Crippen LogP contribution is -2.48. The topological polar surface area (TPSA) is 69.7 Å². The van der Waals surface area contributed by atoms with Crippen molar-refractivity contribution in [3.63, 3.8) is 0 Å². The van der Waals surface area contributed by atoms with Gasteiger partial charge >= 0.3 is 0 Å². The molecule has 3 amide bonds. The van der Waals surface area contributed by atoms with Crippen LogP contribution in [0.5, 0.6) is 0 Å². The van der Waals surface area contributed by atoms with E-state index in [1.54, 1.807) is 19.1 Å². The summed E-state index contributed by atoms with van der Waals surface area (Å²) >= 11 is 0. The minimum atomic E-state index is -0.579. The monoisotopic (exact) mass is 363 g/mol. The first-order valence-corrected chi connectivity index (χ1v) is 8.77. The standard InChI is InChI=1S/C19H26FN3O3/c1-5-22(12-16(24)21-19(2,3)4)18(26)13-10-17(25)23(11-13)15-9-7-6-8-14(15)20/h6-9,13H,5,10-12H2,1-4H3,(H,21,24). The first-order valence-electron chi connectivity index (χ1n) is 8.77. The maximum atomic E-state index is 14.0. The number of carbonyl (C=O) groups excluding carboxylic acids is 3. The van der Waals surface area contributed by atoms with Gasteiger partial charge in [0, 0.05) is 25.0 Å². The molecule has 1 aliphatic rings.